The van der Waals surface area contributed by atoms with E-state index in [1.54, 1.807) is 12.1 Å². The number of rotatable bonds is 4. The van der Waals surface area contributed by atoms with Crippen LogP contribution >= 0.6 is 27.3 Å². The number of hydrogen-bond acceptors (Lipinski definition) is 3. The van der Waals surface area contributed by atoms with Crippen molar-refractivity contribution in [3.63, 3.8) is 0 Å². The Labute approximate surface area is 107 Å². The minimum atomic E-state index is -0.502. The van der Waals surface area contributed by atoms with Crippen LogP contribution in [0.1, 0.15) is 23.5 Å². The van der Waals surface area contributed by atoms with E-state index in [-0.39, 0.29) is 18.5 Å². The number of halogens is 1. The lowest BCUT2D eigenvalue weighted by molar-refractivity contribution is -0.119. The van der Waals surface area contributed by atoms with Crippen LogP contribution in [0.4, 0.5) is 0 Å². The van der Waals surface area contributed by atoms with Crippen LogP contribution in [-0.2, 0) is 4.79 Å². The highest BCUT2D eigenvalue weighted by molar-refractivity contribution is 9.11. The largest absolute Gasteiger partial charge is 0.368 e. The van der Waals surface area contributed by atoms with Gasteiger partial charge in [0.2, 0.25) is 5.91 Å². The minimum Gasteiger partial charge on any atom is -0.368 e. The van der Waals surface area contributed by atoms with Crippen LogP contribution in [0.3, 0.4) is 0 Å². The van der Waals surface area contributed by atoms with Gasteiger partial charge in [0.1, 0.15) is 0 Å². The summed E-state index contributed by atoms with van der Waals surface area (Å²) in [4.78, 5) is 25.0. The summed E-state index contributed by atoms with van der Waals surface area (Å²) in [6, 6.07) is 3.48. The van der Waals surface area contributed by atoms with Crippen molar-refractivity contribution in [2.75, 3.05) is 6.54 Å². The molecule has 1 rings (SSSR count). The van der Waals surface area contributed by atoms with Gasteiger partial charge in [-0.2, -0.15) is 0 Å². The first-order valence-electron chi connectivity index (χ1n) is 4.76. The lowest BCUT2D eigenvalue weighted by atomic mass is 10.3. The van der Waals surface area contributed by atoms with Gasteiger partial charge in [-0.15, -0.1) is 11.3 Å². The number of nitrogens with two attached hydrogens (primary N) is 1. The molecule has 0 unspecified atom stereocenters. The molecule has 6 heteroatoms. The lowest BCUT2D eigenvalue weighted by Crippen LogP contribution is -2.42. The van der Waals surface area contributed by atoms with E-state index >= 15 is 0 Å². The first kappa shape index (κ1) is 13.2. The van der Waals surface area contributed by atoms with Crippen molar-refractivity contribution in [2.24, 2.45) is 5.73 Å². The Morgan fingerprint density at radius 3 is 2.50 bits per heavy atom. The molecule has 1 aromatic rings. The fourth-order valence-corrected chi connectivity index (χ4v) is 2.57. The fraction of sp³-hybridized carbons (Fsp3) is 0.400. The maximum atomic E-state index is 12.0. The molecule has 0 aliphatic carbocycles. The van der Waals surface area contributed by atoms with E-state index in [2.05, 4.69) is 15.9 Å². The van der Waals surface area contributed by atoms with E-state index in [1.165, 1.54) is 16.2 Å². The van der Waals surface area contributed by atoms with Crippen molar-refractivity contribution in [3.8, 4) is 0 Å². The number of amides is 2. The lowest BCUT2D eigenvalue weighted by Gasteiger charge is -2.24. The van der Waals surface area contributed by atoms with Gasteiger partial charge in [-0.1, -0.05) is 0 Å². The summed E-state index contributed by atoms with van der Waals surface area (Å²) in [6.07, 6.45) is 0. The third-order valence-corrected chi connectivity index (χ3v) is 3.61. The first-order valence-corrected chi connectivity index (χ1v) is 6.37. The Kier molecular flexibility index (Phi) is 4.49. The van der Waals surface area contributed by atoms with Crippen LogP contribution in [0.15, 0.2) is 15.9 Å². The van der Waals surface area contributed by atoms with E-state index in [1.807, 2.05) is 13.8 Å². The molecule has 1 heterocycles. The Morgan fingerprint density at radius 1 is 1.50 bits per heavy atom. The van der Waals surface area contributed by atoms with E-state index in [9.17, 15) is 9.59 Å². The number of nitrogens with zero attached hydrogens (tertiary/aromatic N) is 1. The fourth-order valence-electron chi connectivity index (χ4n) is 1.23. The molecule has 0 spiro atoms. The van der Waals surface area contributed by atoms with Gasteiger partial charge < -0.3 is 10.6 Å². The molecule has 0 fully saturated rings. The van der Waals surface area contributed by atoms with Gasteiger partial charge in [0.25, 0.3) is 5.91 Å². The molecule has 0 saturated carbocycles. The molecule has 0 aromatic carbocycles. The highest BCUT2D eigenvalue weighted by Gasteiger charge is 2.21. The molecule has 16 heavy (non-hydrogen) atoms. The average Bonchev–Trinajstić information content (AvgIpc) is 2.59. The number of thiophene rings is 1. The van der Waals surface area contributed by atoms with Crippen LogP contribution < -0.4 is 5.73 Å². The van der Waals surface area contributed by atoms with Gasteiger partial charge in [0.15, 0.2) is 0 Å². The van der Waals surface area contributed by atoms with Crippen molar-refractivity contribution in [2.45, 2.75) is 19.9 Å². The summed E-state index contributed by atoms with van der Waals surface area (Å²) in [5, 5.41) is 0. The van der Waals surface area contributed by atoms with Gasteiger partial charge in [0.05, 0.1) is 15.2 Å². The predicted octanol–water partition coefficient (Wildman–Crippen LogP) is 1.85. The first-order chi connectivity index (χ1) is 7.41. The van der Waals surface area contributed by atoms with Gasteiger partial charge in [-0.3, -0.25) is 9.59 Å². The van der Waals surface area contributed by atoms with Crippen LogP contribution in [0.25, 0.3) is 0 Å². The van der Waals surface area contributed by atoms with Crippen molar-refractivity contribution in [3.05, 3.63) is 20.8 Å². The zero-order valence-electron chi connectivity index (χ0n) is 9.07. The average molecular weight is 305 g/mol. The summed E-state index contributed by atoms with van der Waals surface area (Å²) in [5.74, 6) is -0.665. The quantitative estimate of drug-likeness (QED) is 0.922. The molecule has 0 radical (unpaired) electrons. The zero-order chi connectivity index (χ0) is 12.3. The van der Waals surface area contributed by atoms with Crippen molar-refractivity contribution in [1.29, 1.82) is 0 Å². The molecule has 0 saturated heterocycles. The highest BCUT2D eigenvalue weighted by Crippen LogP contribution is 2.23. The topological polar surface area (TPSA) is 63.4 Å². The van der Waals surface area contributed by atoms with Gasteiger partial charge >= 0.3 is 0 Å². The maximum Gasteiger partial charge on any atom is 0.264 e. The Bertz CT molecular complexity index is 403. The molecule has 88 valence electrons. The molecule has 4 nitrogen and oxygen atoms in total. The van der Waals surface area contributed by atoms with Crippen LogP contribution in [-0.4, -0.2) is 29.3 Å². The second kappa shape index (κ2) is 5.45. The summed E-state index contributed by atoms with van der Waals surface area (Å²) < 4.78 is 0.888. The van der Waals surface area contributed by atoms with Crippen molar-refractivity contribution >= 4 is 39.1 Å². The molecule has 0 aliphatic rings. The smallest absolute Gasteiger partial charge is 0.264 e. The number of primary amides is 1. The highest BCUT2D eigenvalue weighted by atomic mass is 79.9. The Balaban J connectivity index is 2.87. The van der Waals surface area contributed by atoms with Crippen LogP contribution in [0, 0.1) is 0 Å². The summed E-state index contributed by atoms with van der Waals surface area (Å²) in [5.41, 5.74) is 5.11. The van der Waals surface area contributed by atoms with Crippen LogP contribution in [0.5, 0.6) is 0 Å². The summed E-state index contributed by atoms with van der Waals surface area (Å²) in [7, 11) is 0. The molecule has 1 aromatic heterocycles. The van der Waals surface area contributed by atoms with Crippen LogP contribution in [0.2, 0.25) is 0 Å². The molecular formula is C10H13BrN2O2S. The zero-order valence-corrected chi connectivity index (χ0v) is 11.5. The third kappa shape index (κ3) is 3.31. The summed E-state index contributed by atoms with van der Waals surface area (Å²) >= 11 is 4.64. The van der Waals surface area contributed by atoms with Gasteiger partial charge in [0, 0.05) is 6.04 Å². The van der Waals surface area contributed by atoms with Gasteiger partial charge in [-0.25, -0.2) is 0 Å². The number of carbonyl (C=O) groups excluding carboxylic acids is 2. The standard InChI is InChI=1S/C10H13BrN2O2S/c1-6(2)13(5-9(12)14)10(15)7-3-4-8(11)16-7/h3-4,6H,5H2,1-2H3,(H2,12,14). The van der Waals surface area contributed by atoms with Gasteiger partial charge in [-0.05, 0) is 41.9 Å². The second-order valence-corrected chi connectivity index (χ2v) is 6.06. The molecule has 0 bridgehead atoms. The maximum absolute atomic E-state index is 12.0. The second-order valence-electron chi connectivity index (χ2n) is 3.60. The van der Waals surface area contributed by atoms with Crippen molar-refractivity contribution < 1.29 is 9.59 Å². The minimum absolute atomic E-state index is 0.0496. The SMILES string of the molecule is CC(C)N(CC(N)=O)C(=O)c1ccc(Br)s1. The van der Waals surface area contributed by atoms with E-state index in [0.717, 1.165) is 3.79 Å². The Morgan fingerprint density at radius 2 is 2.12 bits per heavy atom. The normalized spacial score (nSPS) is 10.5. The Hall–Kier alpha value is -0.880. The molecule has 0 atom stereocenters. The number of carbonyl (C=O) groups is 2. The number of hydrogen-bond donors (Lipinski definition) is 1. The molecule has 2 N–H and O–H groups in total. The van der Waals surface area contributed by atoms with E-state index < -0.39 is 5.91 Å². The van der Waals surface area contributed by atoms with Crippen molar-refractivity contribution in [1.82, 2.24) is 4.90 Å². The third-order valence-electron chi connectivity index (χ3n) is 1.99. The molecule has 2 amide bonds. The summed E-state index contributed by atoms with van der Waals surface area (Å²) in [6.45, 7) is 3.65. The molecular weight excluding hydrogens is 292 g/mol. The van der Waals surface area contributed by atoms with E-state index in [0.29, 0.717) is 4.88 Å². The molecule has 0 aliphatic heterocycles. The predicted molar refractivity (Wildman–Crippen MR) is 67.4 cm³/mol. The van der Waals surface area contributed by atoms with E-state index in [4.69, 9.17) is 5.73 Å². The monoisotopic (exact) mass is 304 g/mol.